The number of amides is 3. The summed E-state index contributed by atoms with van der Waals surface area (Å²) in [5.41, 5.74) is 5.48. The van der Waals surface area contributed by atoms with Crippen LogP contribution < -0.4 is 26.7 Å². The molecule has 0 spiro atoms. The zero-order valence-electron chi connectivity index (χ0n) is 16.3. The first-order valence-corrected chi connectivity index (χ1v) is 8.85. The van der Waals surface area contributed by atoms with Crippen molar-refractivity contribution >= 4 is 39.9 Å². The van der Waals surface area contributed by atoms with E-state index in [4.69, 9.17) is 10.5 Å². The number of carbonyl (C=O) groups excluding carboxylic acids is 3. The Hall–Kier alpha value is -4.21. The van der Waals surface area contributed by atoms with Crippen LogP contribution >= 0.6 is 0 Å². The van der Waals surface area contributed by atoms with E-state index in [9.17, 15) is 19.2 Å². The molecule has 10 nitrogen and oxygen atoms in total. The molecule has 0 aliphatic carbocycles. The molecule has 0 saturated heterocycles. The van der Waals surface area contributed by atoms with Crippen molar-refractivity contribution in [3.63, 3.8) is 0 Å². The van der Waals surface area contributed by atoms with Gasteiger partial charge in [-0.3, -0.25) is 19.2 Å². The molecule has 0 radical (unpaired) electrons. The molecule has 4 N–H and O–H groups in total. The summed E-state index contributed by atoms with van der Waals surface area (Å²) < 4.78 is 6.09. The maximum Gasteiger partial charge on any atom is 0.275 e. The van der Waals surface area contributed by atoms with Gasteiger partial charge in [-0.05, 0) is 24.3 Å². The van der Waals surface area contributed by atoms with Crippen LogP contribution in [0.5, 0.6) is 5.75 Å². The highest BCUT2D eigenvalue weighted by molar-refractivity contribution is 6.04. The fraction of sp³-hybridized carbons (Fsp3) is 0.150. The van der Waals surface area contributed by atoms with E-state index < -0.39 is 23.9 Å². The largest absolute Gasteiger partial charge is 0.495 e. The summed E-state index contributed by atoms with van der Waals surface area (Å²) >= 11 is 0. The van der Waals surface area contributed by atoms with Gasteiger partial charge in [-0.25, -0.2) is 4.68 Å². The molecule has 0 fully saturated rings. The zero-order chi connectivity index (χ0) is 21.8. The van der Waals surface area contributed by atoms with Crippen molar-refractivity contribution in [2.45, 2.75) is 13.5 Å². The number of benzene rings is 2. The minimum Gasteiger partial charge on any atom is -0.495 e. The van der Waals surface area contributed by atoms with Crippen LogP contribution in [-0.2, 0) is 16.1 Å². The number of primary amides is 1. The number of aromatic nitrogens is 2. The Kier molecular flexibility index (Phi) is 5.77. The van der Waals surface area contributed by atoms with Gasteiger partial charge in [0.2, 0.25) is 11.8 Å². The number of carbonyl (C=O) groups is 3. The van der Waals surface area contributed by atoms with Gasteiger partial charge in [-0.2, -0.15) is 5.10 Å². The van der Waals surface area contributed by atoms with Gasteiger partial charge in [-0.1, -0.05) is 18.2 Å². The lowest BCUT2D eigenvalue weighted by Gasteiger charge is -2.13. The Bertz CT molecular complexity index is 1220. The normalized spacial score (nSPS) is 10.5. The first-order valence-electron chi connectivity index (χ1n) is 8.85. The van der Waals surface area contributed by atoms with Gasteiger partial charge in [0, 0.05) is 18.0 Å². The second kappa shape index (κ2) is 8.43. The van der Waals surface area contributed by atoms with Crippen LogP contribution in [0.3, 0.4) is 0 Å². The molecule has 0 aliphatic rings. The molecule has 3 amide bonds. The van der Waals surface area contributed by atoms with E-state index in [2.05, 4.69) is 15.7 Å². The molecule has 30 heavy (non-hydrogen) atoms. The molecular formula is C20H19N5O5. The number of ether oxygens (including phenoxy) is 1. The van der Waals surface area contributed by atoms with E-state index >= 15 is 0 Å². The van der Waals surface area contributed by atoms with E-state index in [1.54, 1.807) is 30.3 Å². The number of fused-ring (bicyclic) bond motifs is 1. The lowest BCUT2D eigenvalue weighted by Crippen LogP contribution is -2.32. The van der Waals surface area contributed by atoms with Gasteiger partial charge in [0.25, 0.3) is 11.5 Å². The van der Waals surface area contributed by atoms with Gasteiger partial charge in [0.05, 0.1) is 18.2 Å². The third-order valence-electron chi connectivity index (χ3n) is 4.19. The minimum atomic E-state index is -0.815. The van der Waals surface area contributed by atoms with Crippen molar-refractivity contribution in [3.05, 3.63) is 58.5 Å². The summed E-state index contributed by atoms with van der Waals surface area (Å²) in [7, 11) is 1.43. The average Bonchev–Trinajstić information content (AvgIpc) is 2.69. The lowest BCUT2D eigenvalue weighted by atomic mass is 10.1. The summed E-state index contributed by atoms with van der Waals surface area (Å²) in [6.45, 7) is 0.897. The molecule has 1 aromatic heterocycles. The second-order valence-electron chi connectivity index (χ2n) is 6.37. The number of nitrogens with zero attached hydrogens (tertiary/aromatic N) is 2. The Morgan fingerprint density at radius 3 is 2.43 bits per heavy atom. The predicted octanol–water partition coefficient (Wildman–Crippen LogP) is 1.10. The zero-order valence-corrected chi connectivity index (χ0v) is 16.3. The molecule has 3 rings (SSSR count). The van der Waals surface area contributed by atoms with Gasteiger partial charge in [0.15, 0.2) is 5.69 Å². The van der Waals surface area contributed by atoms with E-state index in [1.165, 1.54) is 26.2 Å². The molecule has 0 saturated carbocycles. The van der Waals surface area contributed by atoms with E-state index in [0.29, 0.717) is 16.8 Å². The number of hydrogen-bond acceptors (Lipinski definition) is 6. The molecule has 154 valence electrons. The van der Waals surface area contributed by atoms with Crippen molar-refractivity contribution in [1.29, 1.82) is 0 Å². The van der Waals surface area contributed by atoms with Gasteiger partial charge < -0.3 is 21.1 Å². The molecule has 0 bridgehead atoms. The lowest BCUT2D eigenvalue weighted by molar-refractivity contribution is -0.117. The maximum atomic E-state index is 12.7. The first-order chi connectivity index (χ1) is 14.3. The highest BCUT2D eigenvalue weighted by atomic mass is 16.5. The van der Waals surface area contributed by atoms with Crippen LogP contribution in [0, 0.1) is 0 Å². The van der Waals surface area contributed by atoms with E-state index in [1.807, 2.05) is 0 Å². The number of nitrogens with one attached hydrogen (secondary N) is 2. The third kappa shape index (κ3) is 4.27. The number of methoxy groups -OCH3 is 1. The monoisotopic (exact) mass is 409 g/mol. The fourth-order valence-electron chi connectivity index (χ4n) is 2.94. The highest BCUT2D eigenvalue weighted by Gasteiger charge is 2.17. The number of anilines is 2. The van der Waals surface area contributed by atoms with Gasteiger partial charge in [-0.15, -0.1) is 0 Å². The Morgan fingerprint density at radius 2 is 1.80 bits per heavy atom. The molecule has 3 aromatic rings. The Morgan fingerprint density at radius 1 is 1.10 bits per heavy atom. The standard InChI is InChI=1S/C20H19N5O5/c1-11(26)22-12-7-8-16(30-2)15(9-12)23-17(27)10-25-20(29)14-6-4-3-5-13(14)18(24-25)19(21)28/h3-9H,10H2,1-2H3,(H2,21,28)(H,22,26)(H,23,27). The van der Waals surface area contributed by atoms with Crippen molar-refractivity contribution in [2.75, 3.05) is 17.7 Å². The smallest absolute Gasteiger partial charge is 0.275 e. The van der Waals surface area contributed by atoms with E-state index in [0.717, 1.165) is 4.68 Å². The Labute approximate surface area is 170 Å². The summed E-state index contributed by atoms with van der Waals surface area (Å²) in [6, 6.07) is 11.1. The van der Waals surface area contributed by atoms with Crippen LogP contribution in [-0.4, -0.2) is 34.6 Å². The quantitative estimate of drug-likeness (QED) is 0.556. The minimum absolute atomic E-state index is 0.108. The average molecular weight is 409 g/mol. The van der Waals surface area contributed by atoms with Crippen LogP contribution in [0.25, 0.3) is 10.8 Å². The molecule has 0 atom stereocenters. The maximum absolute atomic E-state index is 12.7. The number of hydrogen-bond donors (Lipinski definition) is 3. The third-order valence-corrected chi connectivity index (χ3v) is 4.19. The second-order valence-corrected chi connectivity index (χ2v) is 6.37. The highest BCUT2D eigenvalue weighted by Crippen LogP contribution is 2.27. The molecule has 1 heterocycles. The van der Waals surface area contributed by atoms with Gasteiger partial charge in [0.1, 0.15) is 12.3 Å². The summed E-state index contributed by atoms with van der Waals surface area (Å²) in [5, 5.41) is 9.72. The fourth-order valence-corrected chi connectivity index (χ4v) is 2.94. The molecule has 2 aromatic carbocycles. The van der Waals surface area contributed by atoms with Gasteiger partial charge >= 0.3 is 0 Å². The van der Waals surface area contributed by atoms with E-state index in [-0.39, 0.29) is 22.7 Å². The molecule has 0 aliphatic heterocycles. The molecule has 10 heteroatoms. The predicted molar refractivity (Wildman–Crippen MR) is 110 cm³/mol. The van der Waals surface area contributed by atoms with Crippen LogP contribution in [0.2, 0.25) is 0 Å². The van der Waals surface area contributed by atoms with Crippen molar-refractivity contribution in [2.24, 2.45) is 5.73 Å². The molecular weight excluding hydrogens is 390 g/mol. The van der Waals surface area contributed by atoms with Crippen molar-refractivity contribution in [1.82, 2.24) is 9.78 Å². The summed E-state index contributed by atoms with van der Waals surface area (Å²) in [4.78, 5) is 48.3. The topological polar surface area (TPSA) is 145 Å². The van der Waals surface area contributed by atoms with Crippen molar-refractivity contribution in [3.8, 4) is 5.75 Å². The SMILES string of the molecule is COc1ccc(NC(C)=O)cc1NC(=O)Cn1nc(C(N)=O)c2ccccc2c1=O. The number of rotatable bonds is 6. The van der Waals surface area contributed by atoms with Crippen LogP contribution in [0.15, 0.2) is 47.3 Å². The number of nitrogens with two attached hydrogens (primary N) is 1. The Balaban J connectivity index is 1.93. The molecule has 0 unspecified atom stereocenters. The van der Waals surface area contributed by atoms with Crippen molar-refractivity contribution < 1.29 is 19.1 Å². The first kappa shape index (κ1) is 20.5. The van der Waals surface area contributed by atoms with Crippen LogP contribution in [0.4, 0.5) is 11.4 Å². The van der Waals surface area contributed by atoms with Crippen LogP contribution in [0.1, 0.15) is 17.4 Å². The summed E-state index contributed by atoms with van der Waals surface area (Å²) in [6.07, 6.45) is 0. The summed E-state index contributed by atoms with van der Waals surface area (Å²) in [5.74, 6) is -1.32.